The normalized spacial score (nSPS) is 42.0. The molecule has 2 heteroatoms. The second-order valence-electron chi connectivity index (χ2n) is 7.55. The lowest BCUT2D eigenvalue weighted by Gasteiger charge is -2.46. The fourth-order valence-corrected chi connectivity index (χ4v) is 5.23. The van der Waals surface area contributed by atoms with Gasteiger partial charge in [-0.05, 0) is 57.4 Å². The van der Waals surface area contributed by atoms with Crippen molar-refractivity contribution in [3.05, 3.63) is 0 Å². The smallest absolute Gasteiger partial charge is 0.0116 e. The summed E-state index contributed by atoms with van der Waals surface area (Å²) < 4.78 is 0. The molecule has 2 heterocycles. The molecular weight excluding hydrogens is 244 g/mol. The summed E-state index contributed by atoms with van der Waals surface area (Å²) in [5.74, 6) is 1.02. The van der Waals surface area contributed by atoms with Gasteiger partial charge in [-0.2, -0.15) is 0 Å². The molecule has 0 spiro atoms. The Morgan fingerprint density at radius 3 is 2.25 bits per heavy atom. The van der Waals surface area contributed by atoms with Gasteiger partial charge < -0.3 is 5.32 Å². The standard InChI is InChI=1S/C18H34N2/c1-3-10-19-15-12-17-8-9-18(13-15)20(17)16-7-5-6-14(4-2)11-16/h14-19H,3-13H2,1-2H3. The van der Waals surface area contributed by atoms with Gasteiger partial charge in [-0.15, -0.1) is 0 Å². The maximum absolute atomic E-state index is 3.79. The molecular formula is C18H34N2. The molecule has 2 nitrogen and oxygen atoms in total. The molecule has 2 bridgehead atoms. The number of piperidine rings is 1. The number of nitrogens with one attached hydrogen (secondary N) is 1. The zero-order valence-electron chi connectivity index (χ0n) is 13.6. The Kier molecular flexibility index (Phi) is 5.04. The molecule has 3 rings (SSSR count). The molecule has 1 saturated carbocycles. The molecule has 2 aliphatic heterocycles. The van der Waals surface area contributed by atoms with Crippen molar-refractivity contribution in [2.24, 2.45) is 5.92 Å². The van der Waals surface area contributed by atoms with Crippen molar-refractivity contribution in [2.45, 2.75) is 102 Å². The molecule has 4 atom stereocenters. The Hall–Kier alpha value is -0.0800. The summed E-state index contributed by atoms with van der Waals surface area (Å²) in [6, 6.07) is 3.56. The van der Waals surface area contributed by atoms with E-state index >= 15 is 0 Å². The van der Waals surface area contributed by atoms with E-state index in [9.17, 15) is 0 Å². The summed E-state index contributed by atoms with van der Waals surface area (Å²) in [4.78, 5) is 2.99. The van der Waals surface area contributed by atoms with E-state index in [4.69, 9.17) is 0 Å². The largest absolute Gasteiger partial charge is 0.314 e. The minimum Gasteiger partial charge on any atom is -0.314 e. The summed E-state index contributed by atoms with van der Waals surface area (Å²) >= 11 is 0. The zero-order chi connectivity index (χ0) is 13.9. The third-order valence-electron chi connectivity index (χ3n) is 6.23. The highest BCUT2D eigenvalue weighted by atomic mass is 15.3. The van der Waals surface area contributed by atoms with Gasteiger partial charge in [0.25, 0.3) is 0 Å². The Morgan fingerprint density at radius 1 is 0.900 bits per heavy atom. The predicted octanol–water partition coefficient (Wildman–Crippen LogP) is 3.95. The molecule has 0 aromatic heterocycles. The minimum atomic E-state index is 0.814. The highest BCUT2D eigenvalue weighted by molar-refractivity contribution is 5.00. The van der Waals surface area contributed by atoms with E-state index in [2.05, 4.69) is 24.1 Å². The average molecular weight is 278 g/mol. The average Bonchev–Trinajstić information content (AvgIpc) is 2.76. The van der Waals surface area contributed by atoms with E-state index in [1.165, 1.54) is 70.8 Å². The summed E-state index contributed by atoms with van der Waals surface area (Å²) in [6.45, 7) is 5.89. The van der Waals surface area contributed by atoms with Crippen molar-refractivity contribution in [2.75, 3.05) is 6.54 Å². The van der Waals surface area contributed by atoms with Crippen LogP contribution >= 0.6 is 0 Å². The van der Waals surface area contributed by atoms with Gasteiger partial charge in [0.1, 0.15) is 0 Å². The molecule has 0 amide bonds. The highest BCUT2D eigenvalue weighted by Gasteiger charge is 2.44. The first-order chi connectivity index (χ1) is 9.81. The summed E-state index contributed by atoms with van der Waals surface area (Å²) in [7, 11) is 0. The molecule has 20 heavy (non-hydrogen) atoms. The van der Waals surface area contributed by atoms with Gasteiger partial charge in [0.05, 0.1) is 0 Å². The number of fused-ring (bicyclic) bond motifs is 2. The van der Waals surface area contributed by atoms with Crippen LogP contribution in [0.15, 0.2) is 0 Å². The van der Waals surface area contributed by atoms with Gasteiger partial charge in [-0.25, -0.2) is 0 Å². The van der Waals surface area contributed by atoms with Crippen molar-refractivity contribution in [1.82, 2.24) is 10.2 Å². The highest BCUT2D eigenvalue weighted by Crippen LogP contribution is 2.41. The summed E-state index contributed by atoms with van der Waals surface area (Å²) in [5, 5.41) is 3.79. The first-order valence-electron chi connectivity index (χ1n) is 9.32. The molecule has 0 radical (unpaired) electrons. The van der Waals surface area contributed by atoms with Gasteiger partial charge in [0, 0.05) is 24.2 Å². The molecule has 4 unspecified atom stereocenters. The Balaban J connectivity index is 1.59. The Bertz CT molecular complexity index is 290. The third-order valence-corrected chi connectivity index (χ3v) is 6.23. The molecule has 1 aliphatic carbocycles. The van der Waals surface area contributed by atoms with Gasteiger partial charge >= 0.3 is 0 Å². The molecule has 0 aromatic rings. The number of hydrogen-bond acceptors (Lipinski definition) is 2. The SMILES string of the molecule is CCCNC1CC2CCC(C1)N2C1CCCC(CC)C1. The van der Waals surface area contributed by atoms with E-state index in [-0.39, 0.29) is 0 Å². The van der Waals surface area contributed by atoms with Crippen molar-refractivity contribution >= 4 is 0 Å². The van der Waals surface area contributed by atoms with Crippen LogP contribution < -0.4 is 5.32 Å². The summed E-state index contributed by atoms with van der Waals surface area (Å²) in [6.07, 6.45) is 14.4. The van der Waals surface area contributed by atoms with E-state index < -0.39 is 0 Å². The molecule has 0 aromatic carbocycles. The first-order valence-corrected chi connectivity index (χ1v) is 9.32. The number of hydrogen-bond donors (Lipinski definition) is 1. The quantitative estimate of drug-likeness (QED) is 0.819. The maximum atomic E-state index is 3.79. The molecule has 116 valence electrons. The lowest BCUT2D eigenvalue weighted by molar-refractivity contribution is 0.0390. The van der Waals surface area contributed by atoms with Crippen LogP contribution in [0.4, 0.5) is 0 Å². The van der Waals surface area contributed by atoms with Gasteiger partial charge in [0.2, 0.25) is 0 Å². The fraction of sp³-hybridized carbons (Fsp3) is 1.00. The van der Waals surface area contributed by atoms with Crippen LogP contribution in [0, 0.1) is 5.92 Å². The Morgan fingerprint density at radius 2 is 1.60 bits per heavy atom. The van der Waals surface area contributed by atoms with Gasteiger partial charge in [-0.3, -0.25) is 4.90 Å². The van der Waals surface area contributed by atoms with Gasteiger partial charge in [-0.1, -0.05) is 33.1 Å². The van der Waals surface area contributed by atoms with Gasteiger partial charge in [0.15, 0.2) is 0 Å². The van der Waals surface area contributed by atoms with Crippen LogP contribution in [0.5, 0.6) is 0 Å². The van der Waals surface area contributed by atoms with Crippen molar-refractivity contribution in [1.29, 1.82) is 0 Å². The lowest BCUT2D eigenvalue weighted by atomic mass is 9.81. The van der Waals surface area contributed by atoms with Crippen LogP contribution in [0.2, 0.25) is 0 Å². The Labute approximate surface area is 125 Å². The molecule has 3 aliphatic rings. The molecule has 1 N–H and O–H groups in total. The predicted molar refractivity (Wildman–Crippen MR) is 86.0 cm³/mol. The first kappa shape index (κ1) is 14.8. The van der Waals surface area contributed by atoms with E-state index in [0.29, 0.717) is 0 Å². The van der Waals surface area contributed by atoms with E-state index in [1.807, 2.05) is 0 Å². The zero-order valence-corrected chi connectivity index (χ0v) is 13.6. The summed E-state index contributed by atoms with van der Waals surface area (Å²) in [5.41, 5.74) is 0. The fourth-order valence-electron chi connectivity index (χ4n) is 5.23. The minimum absolute atomic E-state index is 0.814. The van der Waals surface area contributed by atoms with Crippen LogP contribution in [-0.4, -0.2) is 35.6 Å². The maximum Gasteiger partial charge on any atom is 0.0116 e. The number of nitrogens with zero attached hydrogens (tertiary/aromatic N) is 1. The van der Waals surface area contributed by atoms with Crippen LogP contribution in [0.25, 0.3) is 0 Å². The monoisotopic (exact) mass is 278 g/mol. The van der Waals surface area contributed by atoms with Crippen LogP contribution in [-0.2, 0) is 0 Å². The van der Waals surface area contributed by atoms with Crippen LogP contribution in [0.1, 0.15) is 78.1 Å². The molecule has 3 fully saturated rings. The topological polar surface area (TPSA) is 15.3 Å². The van der Waals surface area contributed by atoms with E-state index in [0.717, 1.165) is 30.1 Å². The van der Waals surface area contributed by atoms with Crippen molar-refractivity contribution in [3.63, 3.8) is 0 Å². The second-order valence-corrected chi connectivity index (χ2v) is 7.55. The van der Waals surface area contributed by atoms with Crippen molar-refractivity contribution < 1.29 is 0 Å². The lowest BCUT2D eigenvalue weighted by Crippen LogP contribution is -2.54. The van der Waals surface area contributed by atoms with Crippen LogP contribution in [0.3, 0.4) is 0 Å². The van der Waals surface area contributed by atoms with E-state index in [1.54, 1.807) is 0 Å². The molecule has 2 saturated heterocycles. The number of rotatable bonds is 5. The third kappa shape index (κ3) is 3.06. The second kappa shape index (κ2) is 6.79. The van der Waals surface area contributed by atoms with Crippen molar-refractivity contribution in [3.8, 4) is 0 Å².